The minimum absolute atomic E-state index is 0. The molecule has 1 amide bonds. The Labute approximate surface area is 121 Å². The van der Waals surface area contributed by atoms with Gasteiger partial charge in [-0.05, 0) is 31.0 Å². The van der Waals surface area contributed by atoms with Crippen LogP contribution in [0.3, 0.4) is 0 Å². The van der Waals surface area contributed by atoms with E-state index in [4.69, 9.17) is 10.5 Å². The first-order valence-corrected chi connectivity index (χ1v) is 6.40. The third kappa shape index (κ3) is 3.95. The van der Waals surface area contributed by atoms with E-state index in [1.165, 1.54) is 0 Å². The van der Waals surface area contributed by atoms with Crippen molar-refractivity contribution in [3.05, 3.63) is 28.7 Å². The maximum atomic E-state index is 11.9. The summed E-state index contributed by atoms with van der Waals surface area (Å²) in [5.41, 5.74) is 6.27. The van der Waals surface area contributed by atoms with Crippen molar-refractivity contribution < 1.29 is 9.53 Å². The molecular weight excluding hydrogens is 320 g/mol. The number of anilines is 1. The monoisotopic (exact) mass is 334 g/mol. The van der Waals surface area contributed by atoms with Crippen LogP contribution in [0.25, 0.3) is 0 Å². The molecule has 4 nitrogen and oxygen atoms in total. The van der Waals surface area contributed by atoms with Crippen molar-refractivity contribution in [3.63, 3.8) is 0 Å². The zero-order valence-electron chi connectivity index (χ0n) is 9.77. The zero-order valence-corrected chi connectivity index (χ0v) is 12.2. The molecule has 3 N–H and O–H groups in total. The first-order chi connectivity index (χ1) is 8.19. The van der Waals surface area contributed by atoms with Gasteiger partial charge < -0.3 is 15.8 Å². The third-order valence-electron chi connectivity index (χ3n) is 2.76. The number of rotatable bonds is 3. The number of carbonyl (C=O) groups is 1. The van der Waals surface area contributed by atoms with Crippen LogP contribution in [0.4, 0.5) is 5.69 Å². The van der Waals surface area contributed by atoms with Gasteiger partial charge in [0.15, 0.2) is 0 Å². The highest BCUT2D eigenvalue weighted by molar-refractivity contribution is 9.10. The lowest BCUT2D eigenvalue weighted by Crippen LogP contribution is -2.29. The molecule has 0 bridgehead atoms. The highest BCUT2D eigenvalue weighted by Crippen LogP contribution is 2.21. The molecule has 1 heterocycles. The zero-order chi connectivity index (χ0) is 12.3. The number of nitrogens with one attached hydrogen (secondary N) is 1. The molecule has 1 aliphatic heterocycles. The molecule has 100 valence electrons. The smallest absolute Gasteiger partial charge is 0.253 e. The number of carbonyl (C=O) groups excluding carboxylic acids is 1. The Balaban J connectivity index is 0.00000162. The van der Waals surface area contributed by atoms with E-state index in [0.717, 1.165) is 23.0 Å². The second kappa shape index (κ2) is 7.09. The lowest BCUT2D eigenvalue weighted by molar-refractivity contribution is -0.126. The van der Waals surface area contributed by atoms with E-state index in [2.05, 4.69) is 21.2 Å². The van der Waals surface area contributed by atoms with Gasteiger partial charge in [-0.2, -0.15) is 0 Å². The van der Waals surface area contributed by atoms with Crippen LogP contribution in [0.2, 0.25) is 0 Å². The summed E-state index contributed by atoms with van der Waals surface area (Å²) < 4.78 is 6.46. The molecule has 0 aromatic heterocycles. The molecule has 0 unspecified atom stereocenters. The van der Waals surface area contributed by atoms with Gasteiger partial charge in [0.1, 0.15) is 6.10 Å². The van der Waals surface area contributed by atoms with Crippen LogP contribution in [0.1, 0.15) is 12.8 Å². The maximum Gasteiger partial charge on any atom is 0.253 e. The Morgan fingerprint density at radius 3 is 2.89 bits per heavy atom. The number of benzene rings is 1. The van der Waals surface area contributed by atoms with Crippen molar-refractivity contribution in [3.8, 4) is 0 Å². The average molecular weight is 336 g/mol. The minimum atomic E-state index is -0.373. The van der Waals surface area contributed by atoms with Crippen LogP contribution >= 0.6 is 28.3 Å². The predicted octanol–water partition coefficient (Wildman–Crippen LogP) is 2.32. The molecule has 1 fully saturated rings. The average Bonchev–Trinajstić information content (AvgIpc) is 2.77. The second-order valence-electron chi connectivity index (χ2n) is 4.06. The van der Waals surface area contributed by atoms with E-state index in [-0.39, 0.29) is 30.5 Å². The highest BCUT2D eigenvalue weighted by atomic mass is 79.9. The number of hydrogen-bond donors (Lipinski definition) is 2. The van der Waals surface area contributed by atoms with E-state index in [1.807, 2.05) is 24.3 Å². The molecule has 1 saturated heterocycles. The van der Waals surface area contributed by atoms with Gasteiger partial charge in [0, 0.05) is 16.7 Å². The highest BCUT2D eigenvalue weighted by Gasteiger charge is 2.29. The van der Waals surface area contributed by atoms with Crippen molar-refractivity contribution in [1.82, 2.24) is 0 Å². The van der Waals surface area contributed by atoms with Crippen LogP contribution in [0, 0.1) is 0 Å². The second-order valence-corrected chi connectivity index (χ2v) is 4.98. The Morgan fingerprint density at radius 1 is 1.50 bits per heavy atom. The first-order valence-electron chi connectivity index (χ1n) is 5.61. The summed E-state index contributed by atoms with van der Waals surface area (Å²) in [6.07, 6.45) is 1.24. The van der Waals surface area contributed by atoms with Crippen molar-refractivity contribution in [2.75, 3.05) is 11.9 Å². The number of ether oxygens (including phenoxy) is 1. The van der Waals surface area contributed by atoms with E-state index >= 15 is 0 Å². The topological polar surface area (TPSA) is 64.4 Å². The summed E-state index contributed by atoms with van der Waals surface area (Å²) in [7, 11) is 0. The van der Waals surface area contributed by atoms with E-state index < -0.39 is 0 Å². The minimum Gasteiger partial charge on any atom is -0.364 e. The lowest BCUT2D eigenvalue weighted by atomic mass is 10.2. The molecule has 18 heavy (non-hydrogen) atoms. The summed E-state index contributed by atoms with van der Waals surface area (Å²) in [5.74, 6) is -0.0981. The van der Waals surface area contributed by atoms with Crippen LogP contribution in [0.5, 0.6) is 0 Å². The van der Waals surface area contributed by atoms with Crippen LogP contribution in [-0.2, 0) is 9.53 Å². The van der Waals surface area contributed by atoms with Crippen molar-refractivity contribution >= 4 is 39.9 Å². The Hall–Kier alpha value is -0.620. The maximum absolute atomic E-state index is 11.9. The molecule has 1 aliphatic rings. The Morgan fingerprint density at radius 2 is 2.28 bits per heavy atom. The Kier molecular flexibility index (Phi) is 6.08. The van der Waals surface area contributed by atoms with Crippen LogP contribution in [-0.4, -0.2) is 24.7 Å². The number of halogens is 2. The van der Waals surface area contributed by atoms with Crippen LogP contribution < -0.4 is 11.1 Å². The molecule has 2 rings (SSSR count). The largest absolute Gasteiger partial charge is 0.364 e. The number of amides is 1. The van der Waals surface area contributed by atoms with Crippen LogP contribution in [0.15, 0.2) is 28.7 Å². The summed E-state index contributed by atoms with van der Waals surface area (Å²) in [6.45, 7) is 0.473. The molecule has 1 aromatic rings. The molecule has 6 heteroatoms. The first kappa shape index (κ1) is 15.4. The number of nitrogens with two attached hydrogens (primary N) is 1. The quantitative estimate of drug-likeness (QED) is 0.891. The van der Waals surface area contributed by atoms with Crippen molar-refractivity contribution in [2.24, 2.45) is 5.73 Å². The molecular formula is C12H16BrClN2O2. The summed E-state index contributed by atoms with van der Waals surface area (Å²) in [6, 6.07) is 7.48. The van der Waals surface area contributed by atoms with Gasteiger partial charge in [0.2, 0.25) is 0 Å². The van der Waals surface area contributed by atoms with Gasteiger partial charge in [-0.15, -0.1) is 12.4 Å². The van der Waals surface area contributed by atoms with Crippen molar-refractivity contribution in [2.45, 2.75) is 25.0 Å². The summed E-state index contributed by atoms with van der Waals surface area (Å²) in [4.78, 5) is 11.9. The van der Waals surface area contributed by atoms with Gasteiger partial charge in [0.05, 0.1) is 6.10 Å². The molecule has 2 atom stereocenters. The fraction of sp³-hybridized carbons (Fsp3) is 0.417. The van der Waals surface area contributed by atoms with E-state index in [1.54, 1.807) is 0 Å². The fourth-order valence-electron chi connectivity index (χ4n) is 1.86. The SMILES string of the molecule is Cl.NC[C@H]1CC[C@@H](C(=O)Nc2cccc(Br)c2)O1. The number of hydrogen-bond acceptors (Lipinski definition) is 3. The summed E-state index contributed by atoms with van der Waals surface area (Å²) in [5, 5.41) is 2.83. The normalized spacial score (nSPS) is 22.3. The van der Waals surface area contributed by atoms with Crippen molar-refractivity contribution in [1.29, 1.82) is 0 Å². The van der Waals surface area contributed by atoms with Gasteiger partial charge in [-0.1, -0.05) is 22.0 Å². The van der Waals surface area contributed by atoms with E-state index in [9.17, 15) is 4.79 Å². The molecule has 0 spiro atoms. The summed E-state index contributed by atoms with van der Waals surface area (Å²) >= 11 is 3.36. The Bertz CT molecular complexity index is 417. The fourth-order valence-corrected chi connectivity index (χ4v) is 2.26. The van der Waals surface area contributed by atoms with E-state index in [0.29, 0.717) is 6.54 Å². The lowest BCUT2D eigenvalue weighted by Gasteiger charge is -2.12. The van der Waals surface area contributed by atoms with Gasteiger partial charge >= 0.3 is 0 Å². The van der Waals surface area contributed by atoms with Gasteiger partial charge in [-0.3, -0.25) is 4.79 Å². The molecule has 0 saturated carbocycles. The van der Waals surface area contributed by atoms with Gasteiger partial charge in [-0.25, -0.2) is 0 Å². The van der Waals surface area contributed by atoms with Gasteiger partial charge in [0.25, 0.3) is 5.91 Å². The molecule has 0 aliphatic carbocycles. The standard InChI is InChI=1S/C12H15BrN2O2.ClH/c13-8-2-1-3-9(6-8)15-12(16)11-5-4-10(7-14)17-11;/h1-3,6,10-11H,4-5,7,14H2,(H,15,16);1H/t10-,11+;/m1./s1. The predicted molar refractivity (Wildman–Crippen MR) is 77.0 cm³/mol. The molecule has 0 radical (unpaired) electrons. The molecule has 1 aromatic carbocycles. The third-order valence-corrected chi connectivity index (χ3v) is 3.25.